The van der Waals surface area contributed by atoms with E-state index in [1.807, 2.05) is 0 Å². The van der Waals surface area contributed by atoms with Gasteiger partial charge in [-0.1, -0.05) is 36.4 Å². The smallest absolute Gasteiger partial charge is 0.0761 e. The molecule has 0 aliphatic rings. The van der Waals surface area contributed by atoms with Crippen LogP contribution < -0.4 is 5.73 Å². The van der Waals surface area contributed by atoms with Crippen LogP contribution in [-0.2, 0) is 0 Å². The van der Waals surface area contributed by atoms with Gasteiger partial charge in [0.25, 0.3) is 0 Å². The Labute approximate surface area is 139 Å². The van der Waals surface area contributed by atoms with Gasteiger partial charge in [0.1, 0.15) is 0 Å². The van der Waals surface area contributed by atoms with Gasteiger partial charge >= 0.3 is 0 Å². The van der Waals surface area contributed by atoms with Crippen LogP contribution in [0.5, 0.6) is 0 Å². The lowest BCUT2D eigenvalue weighted by atomic mass is 9.94. The molecule has 0 fully saturated rings. The molecule has 0 aliphatic carbocycles. The SMILES string of the molecule is Cc1ccc(C(N)c2cc(Br)sc2Br)c2ccccc12. The number of fused-ring (bicyclic) bond motifs is 1. The molecule has 1 atom stereocenters. The van der Waals surface area contributed by atoms with Crippen molar-refractivity contribution in [3.63, 3.8) is 0 Å². The first-order valence-electron chi connectivity index (χ1n) is 6.26. The van der Waals surface area contributed by atoms with Crippen LogP contribution in [0, 0.1) is 6.92 Å². The molecule has 0 spiro atoms. The quantitative estimate of drug-likeness (QED) is 0.568. The van der Waals surface area contributed by atoms with Gasteiger partial charge in [0.2, 0.25) is 0 Å². The predicted octanol–water partition coefficient (Wildman–Crippen LogP) is 5.78. The second-order valence-corrected chi connectivity index (χ2v) is 8.52. The molecule has 0 saturated heterocycles. The maximum Gasteiger partial charge on any atom is 0.0761 e. The lowest BCUT2D eigenvalue weighted by Gasteiger charge is -2.15. The Balaban J connectivity index is 2.20. The van der Waals surface area contributed by atoms with Crippen molar-refractivity contribution in [2.24, 2.45) is 5.73 Å². The van der Waals surface area contributed by atoms with Gasteiger partial charge in [0.05, 0.1) is 13.6 Å². The molecular weight excluding hydrogens is 398 g/mol. The fraction of sp³-hybridized carbons (Fsp3) is 0.125. The Morgan fingerprint density at radius 2 is 1.70 bits per heavy atom. The highest BCUT2D eigenvalue weighted by molar-refractivity contribution is 9.12. The number of benzene rings is 2. The van der Waals surface area contributed by atoms with Crippen molar-refractivity contribution < 1.29 is 0 Å². The van der Waals surface area contributed by atoms with Crippen molar-refractivity contribution in [3.8, 4) is 0 Å². The molecule has 0 saturated carbocycles. The largest absolute Gasteiger partial charge is 0.320 e. The van der Waals surface area contributed by atoms with E-state index in [1.165, 1.54) is 16.3 Å². The van der Waals surface area contributed by atoms with E-state index in [1.54, 1.807) is 11.3 Å². The third-order valence-electron chi connectivity index (χ3n) is 3.53. The third kappa shape index (κ3) is 2.46. The van der Waals surface area contributed by atoms with Crippen LogP contribution in [0.2, 0.25) is 0 Å². The van der Waals surface area contributed by atoms with Crippen LogP contribution in [0.15, 0.2) is 50.0 Å². The maximum absolute atomic E-state index is 6.50. The van der Waals surface area contributed by atoms with Crippen molar-refractivity contribution in [1.82, 2.24) is 0 Å². The summed E-state index contributed by atoms with van der Waals surface area (Å²) >= 11 is 8.77. The van der Waals surface area contributed by atoms with Crippen molar-refractivity contribution in [2.45, 2.75) is 13.0 Å². The molecule has 0 radical (unpaired) electrons. The molecule has 1 unspecified atom stereocenters. The Morgan fingerprint density at radius 1 is 1.00 bits per heavy atom. The molecule has 4 heteroatoms. The summed E-state index contributed by atoms with van der Waals surface area (Å²) in [5.74, 6) is 0. The van der Waals surface area contributed by atoms with Crippen molar-refractivity contribution in [1.29, 1.82) is 0 Å². The standard InChI is InChI=1S/C16H13Br2NS/c1-9-6-7-12(11-5-3-2-4-10(9)11)15(19)13-8-14(17)20-16(13)18/h2-8,15H,19H2,1H3. The highest BCUT2D eigenvalue weighted by Crippen LogP contribution is 2.38. The summed E-state index contributed by atoms with van der Waals surface area (Å²) < 4.78 is 2.17. The highest BCUT2D eigenvalue weighted by Gasteiger charge is 2.17. The zero-order chi connectivity index (χ0) is 14.3. The zero-order valence-electron chi connectivity index (χ0n) is 10.9. The molecule has 2 aromatic carbocycles. The van der Waals surface area contributed by atoms with Gasteiger partial charge in [-0.25, -0.2) is 0 Å². The highest BCUT2D eigenvalue weighted by atomic mass is 79.9. The summed E-state index contributed by atoms with van der Waals surface area (Å²) in [6.45, 7) is 2.13. The summed E-state index contributed by atoms with van der Waals surface area (Å²) in [4.78, 5) is 0. The molecule has 102 valence electrons. The van der Waals surface area contributed by atoms with Crippen LogP contribution in [0.1, 0.15) is 22.7 Å². The van der Waals surface area contributed by atoms with Crippen molar-refractivity contribution in [2.75, 3.05) is 0 Å². The van der Waals surface area contributed by atoms with E-state index in [0.717, 1.165) is 18.7 Å². The van der Waals surface area contributed by atoms with Gasteiger partial charge in [-0.05, 0) is 72.3 Å². The molecule has 20 heavy (non-hydrogen) atoms. The number of halogens is 2. The van der Waals surface area contributed by atoms with Gasteiger partial charge in [-0.2, -0.15) is 0 Å². The number of hydrogen-bond acceptors (Lipinski definition) is 2. The fourth-order valence-electron chi connectivity index (χ4n) is 2.48. The lowest BCUT2D eigenvalue weighted by molar-refractivity contribution is 0.881. The molecule has 0 aliphatic heterocycles. The second kappa shape index (κ2) is 5.60. The van der Waals surface area contributed by atoms with E-state index < -0.39 is 0 Å². The van der Waals surface area contributed by atoms with Gasteiger partial charge < -0.3 is 5.73 Å². The molecular formula is C16H13Br2NS. The molecule has 3 rings (SSSR count). The summed E-state index contributed by atoms with van der Waals surface area (Å²) in [5.41, 5.74) is 10.1. The van der Waals surface area contributed by atoms with E-state index >= 15 is 0 Å². The van der Waals surface area contributed by atoms with Crippen LogP contribution in [0.25, 0.3) is 10.8 Å². The van der Waals surface area contributed by atoms with E-state index in [4.69, 9.17) is 5.73 Å². The van der Waals surface area contributed by atoms with Gasteiger partial charge in [0, 0.05) is 0 Å². The first-order chi connectivity index (χ1) is 9.58. The van der Waals surface area contributed by atoms with Gasteiger partial charge in [0.15, 0.2) is 0 Å². The maximum atomic E-state index is 6.50. The number of nitrogens with two attached hydrogens (primary N) is 1. The van der Waals surface area contributed by atoms with Crippen molar-refractivity contribution in [3.05, 3.63) is 66.7 Å². The average molecular weight is 411 g/mol. The topological polar surface area (TPSA) is 26.0 Å². The fourth-order valence-corrected chi connectivity index (χ4v) is 5.41. The minimum Gasteiger partial charge on any atom is -0.320 e. The van der Waals surface area contributed by atoms with Crippen molar-refractivity contribution >= 4 is 54.0 Å². The Bertz CT molecular complexity index is 779. The first kappa shape index (κ1) is 14.3. The van der Waals surface area contributed by atoms with Crippen LogP contribution >= 0.6 is 43.2 Å². The third-order valence-corrected chi connectivity index (χ3v) is 5.91. The second-order valence-electron chi connectivity index (χ2n) is 4.77. The monoisotopic (exact) mass is 409 g/mol. The Morgan fingerprint density at radius 3 is 2.35 bits per heavy atom. The molecule has 1 nitrogen and oxygen atoms in total. The average Bonchev–Trinajstić information content (AvgIpc) is 2.78. The molecule has 0 bridgehead atoms. The lowest BCUT2D eigenvalue weighted by Crippen LogP contribution is -2.12. The molecule has 3 aromatic rings. The molecule has 1 heterocycles. The summed E-state index contributed by atoms with van der Waals surface area (Å²) in [6, 6.07) is 14.7. The summed E-state index contributed by atoms with van der Waals surface area (Å²) in [7, 11) is 0. The molecule has 1 aromatic heterocycles. The van der Waals surface area contributed by atoms with E-state index in [0.29, 0.717) is 0 Å². The predicted molar refractivity (Wildman–Crippen MR) is 94.4 cm³/mol. The van der Waals surface area contributed by atoms with Crippen LogP contribution in [-0.4, -0.2) is 0 Å². The number of thiophene rings is 1. The van der Waals surface area contributed by atoms with E-state index in [9.17, 15) is 0 Å². The first-order valence-corrected chi connectivity index (χ1v) is 8.66. The zero-order valence-corrected chi connectivity index (χ0v) is 14.8. The minimum absolute atomic E-state index is 0.127. The van der Waals surface area contributed by atoms with Crippen LogP contribution in [0.4, 0.5) is 0 Å². The summed E-state index contributed by atoms with van der Waals surface area (Å²) in [6.07, 6.45) is 0. The normalized spacial score (nSPS) is 12.8. The number of rotatable bonds is 2. The minimum atomic E-state index is -0.127. The van der Waals surface area contributed by atoms with Gasteiger partial charge in [-0.15, -0.1) is 11.3 Å². The van der Waals surface area contributed by atoms with Crippen LogP contribution in [0.3, 0.4) is 0 Å². The van der Waals surface area contributed by atoms with Gasteiger partial charge in [-0.3, -0.25) is 0 Å². The van der Waals surface area contributed by atoms with E-state index in [-0.39, 0.29) is 6.04 Å². The Hall–Kier alpha value is -0.680. The molecule has 0 amide bonds. The Kier molecular flexibility index (Phi) is 4.00. The van der Waals surface area contributed by atoms with E-state index in [2.05, 4.69) is 81.2 Å². The molecule has 2 N–H and O–H groups in total. The number of hydrogen-bond donors (Lipinski definition) is 1. The summed E-state index contributed by atoms with van der Waals surface area (Å²) in [5, 5.41) is 2.50. The number of aryl methyl sites for hydroxylation is 1.